The smallest absolute Gasteiger partial charge is 0.0541 e. The molecule has 1 nitrogen and oxygen atoms in total. The maximum atomic E-state index is 2.52. The van der Waals surface area contributed by atoms with Crippen LogP contribution in [0.2, 0.25) is 0 Å². The van der Waals surface area contributed by atoms with Crippen LogP contribution in [0, 0.1) is 0 Å². The lowest BCUT2D eigenvalue weighted by Crippen LogP contribution is -2.04. The van der Waals surface area contributed by atoms with Gasteiger partial charge in [-0.2, -0.15) is 0 Å². The molecule has 0 atom stereocenters. The van der Waals surface area contributed by atoms with Gasteiger partial charge in [-0.15, -0.1) is 0 Å². The van der Waals surface area contributed by atoms with E-state index in [0.29, 0.717) is 0 Å². The molecule has 0 unspecified atom stereocenters. The van der Waals surface area contributed by atoms with E-state index in [-0.39, 0.29) is 0 Å². The minimum Gasteiger partial charge on any atom is -0.309 e. The van der Waals surface area contributed by atoms with Gasteiger partial charge in [0, 0.05) is 16.6 Å². The van der Waals surface area contributed by atoms with Gasteiger partial charge in [0.25, 0.3) is 0 Å². The second-order valence-corrected chi connectivity index (χ2v) is 16.8. The molecule has 0 spiro atoms. The molecular formula is C59H49N. The summed E-state index contributed by atoms with van der Waals surface area (Å²) in [7, 11) is 0. The third kappa shape index (κ3) is 6.23. The van der Waals surface area contributed by atoms with Crippen molar-refractivity contribution in [1.29, 1.82) is 0 Å². The zero-order valence-corrected chi connectivity index (χ0v) is 34.4. The molecule has 2 aliphatic carbocycles. The Morgan fingerprint density at radius 3 is 1.77 bits per heavy atom. The van der Waals surface area contributed by atoms with E-state index in [9.17, 15) is 0 Å². The van der Waals surface area contributed by atoms with Crippen molar-refractivity contribution >= 4 is 50.7 Å². The predicted molar refractivity (Wildman–Crippen MR) is 258 cm³/mol. The number of aromatic nitrogens is 1. The van der Waals surface area contributed by atoms with Gasteiger partial charge in [0.2, 0.25) is 0 Å². The molecule has 60 heavy (non-hydrogen) atoms. The number of aryl methyl sites for hydroxylation is 2. The molecule has 0 amide bonds. The second-order valence-electron chi connectivity index (χ2n) is 16.8. The molecule has 0 N–H and O–H groups in total. The first-order chi connectivity index (χ1) is 29.7. The Labute approximate surface area is 354 Å². The van der Waals surface area contributed by atoms with Crippen LogP contribution in [0.5, 0.6) is 0 Å². The highest BCUT2D eigenvalue weighted by Crippen LogP contribution is 2.45. The molecule has 0 aliphatic heterocycles. The Morgan fingerprint density at radius 2 is 1.05 bits per heavy atom. The third-order valence-electron chi connectivity index (χ3n) is 13.3. The molecule has 290 valence electrons. The summed E-state index contributed by atoms with van der Waals surface area (Å²) in [5.74, 6) is 0. The van der Waals surface area contributed by atoms with Crippen molar-refractivity contribution in [3.63, 3.8) is 0 Å². The first kappa shape index (κ1) is 36.4. The van der Waals surface area contributed by atoms with Crippen molar-refractivity contribution in [2.75, 3.05) is 0 Å². The first-order valence-electron chi connectivity index (χ1n) is 22.1. The van der Waals surface area contributed by atoms with Crippen LogP contribution < -0.4 is 0 Å². The zero-order valence-electron chi connectivity index (χ0n) is 34.4. The average Bonchev–Trinajstić information content (AvgIpc) is 3.62. The third-order valence-corrected chi connectivity index (χ3v) is 13.3. The number of nitrogens with zero attached hydrogens (tertiary/aromatic N) is 1. The molecule has 0 saturated heterocycles. The van der Waals surface area contributed by atoms with Gasteiger partial charge < -0.3 is 4.57 Å². The van der Waals surface area contributed by atoms with E-state index in [1.165, 1.54) is 143 Å². The normalized spacial score (nSPS) is 14.1. The van der Waals surface area contributed by atoms with Crippen LogP contribution in [0.1, 0.15) is 71.7 Å². The van der Waals surface area contributed by atoms with Gasteiger partial charge in [0.05, 0.1) is 11.2 Å². The van der Waals surface area contributed by atoms with Crippen molar-refractivity contribution in [2.45, 2.75) is 58.3 Å². The molecule has 1 heterocycles. The quantitative estimate of drug-likeness (QED) is 0.142. The number of allylic oxidation sites excluding steroid dienone is 1. The lowest BCUT2D eigenvalue weighted by Gasteiger charge is -2.20. The van der Waals surface area contributed by atoms with Crippen molar-refractivity contribution in [3.05, 3.63) is 203 Å². The maximum absolute atomic E-state index is 2.52. The van der Waals surface area contributed by atoms with Crippen LogP contribution in [0.25, 0.3) is 89.7 Å². The molecule has 0 radical (unpaired) electrons. The molecular weight excluding hydrogens is 723 g/mol. The molecule has 11 rings (SSSR count). The standard InChI is InChI=1S/C59H49N/c1-2-17-56-50(35-32-42-25-15-24-40-18-9-11-27-47(40)42)54-38-45(49-31-16-26-41-19-10-12-28-48(41)49)33-37-57(54)60(56)46-34-36-53-55(39-46)59(44-22-7-4-8-23-44)52-30-14-13-29-51(52)58(53)43-20-5-3-6-21-43/h2-8,13-17,20-26,29-39H,9-12,18-19,27-28H2,1H3/b17-2-,35-32+. The summed E-state index contributed by atoms with van der Waals surface area (Å²) in [6.07, 6.45) is 19.1. The fourth-order valence-electron chi connectivity index (χ4n) is 10.6. The summed E-state index contributed by atoms with van der Waals surface area (Å²) >= 11 is 0. The summed E-state index contributed by atoms with van der Waals surface area (Å²) < 4.78 is 2.52. The minimum atomic E-state index is 1.15. The van der Waals surface area contributed by atoms with E-state index >= 15 is 0 Å². The van der Waals surface area contributed by atoms with E-state index in [0.717, 1.165) is 18.5 Å². The van der Waals surface area contributed by atoms with E-state index in [2.05, 4.69) is 194 Å². The van der Waals surface area contributed by atoms with Crippen LogP contribution in [0.4, 0.5) is 0 Å². The average molecular weight is 772 g/mol. The molecule has 9 aromatic rings. The molecule has 1 heteroatoms. The molecule has 0 saturated carbocycles. The van der Waals surface area contributed by atoms with E-state index in [1.54, 1.807) is 0 Å². The maximum Gasteiger partial charge on any atom is 0.0541 e. The minimum absolute atomic E-state index is 1.15. The zero-order chi connectivity index (χ0) is 40.0. The van der Waals surface area contributed by atoms with Crippen molar-refractivity contribution in [2.24, 2.45) is 0 Å². The van der Waals surface area contributed by atoms with Crippen LogP contribution in [-0.4, -0.2) is 4.57 Å². The monoisotopic (exact) mass is 771 g/mol. The predicted octanol–water partition coefficient (Wildman–Crippen LogP) is 15.9. The lowest BCUT2D eigenvalue weighted by atomic mass is 9.85. The molecule has 0 bridgehead atoms. The first-order valence-corrected chi connectivity index (χ1v) is 22.1. The van der Waals surface area contributed by atoms with Gasteiger partial charge in [-0.3, -0.25) is 0 Å². The highest BCUT2D eigenvalue weighted by Gasteiger charge is 2.22. The summed E-state index contributed by atoms with van der Waals surface area (Å²) in [4.78, 5) is 0. The second kappa shape index (κ2) is 15.5. The Kier molecular flexibility index (Phi) is 9.39. The molecule has 0 fully saturated rings. The largest absolute Gasteiger partial charge is 0.309 e. The molecule has 2 aliphatic rings. The Morgan fingerprint density at radius 1 is 0.433 bits per heavy atom. The summed E-state index contributed by atoms with van der Waals surface area (Å²) in [6, 6.07) is 59.2. The van der Waals surface area contributed by atoms with Gasteiger partial charge in [0.15, 0.2) is 0 Å². The number of hydrogen-bond donors (Lipinski definition) is 0. The van der Waals surface area contributed by atoms with Gasteiger partial charge in [-0.25, -0.2) is 0 Å². The summed E-state index contributed by atoms with van der Waals surface area (Å²) in [5.41, 5.74) is 20.0. The van der Waals surface area contributed by atoms with Gasteiger partial charge in [0.1, 0.15) is 0 Å². The lowest BCUT2D eigenvalue weighted by molar-refractivity contribution is 0.684. The molecule has 8 aromatic carbocycles. The highest BCUT2D eigenvalue weighted by atomic mass is 15.0. The van der Waals surface area contributed by atoms with Crippen LogP contribution in [0.3, 0.4) is 0 Å². The topological polar surface area (TPSA) is 4.93 Å². The fourth-order valence-corrected chi connectivity index (χ4v) is 10.6. The molecule has 1 aromatic heterocycles. The van der Waals surface area contributed by atoms with E-state index in [4.69, 9.17) is 0 Å². The van der Waals surface area contributed by atoms with Crippen LogP contribution in [-0.2, 0) is 25.7 Å². The number of benzene rings is 8. The van der Waals surface area contributed by atoms with Crippen molar-refractivity contribution in [1.82, 2.24) is 4.57 Å². The van der Waals surface area contributed by atoms with E-state index < -0.39 is 0 Å². The van der Waals surface area contributed by atoms with Crippen molar-refractivity contribution in [3.8, 4) is 39.1 Å². The summed E-state index contributed by atoms with van der Waals surface area (Å²) in [6.45, 7) is 2.15. The number of rotatable bonds is 7. The van der Waals surface area contributed by atoms with E-state index in [1.807, 2.05) is 0 Å². The SMILES string of the molecule is C/C=C\c1c(/C=C/c2cccc3c2CCCC3)c2cc(-c3cccc4c3CCCC4)ccc2n1-c1ccc2c(-c3ccccc3)c3ccccc3c(-c3ccccc3)c2c1. The number of hydrogen-bond acceptors (Lipinski definition) is 0. The Hall–Kier alpha value is -6.70. The highest BCUT2D eigenvalue weighted by molar-refractivity contribution is 6.21. The fraction of sp³-hybridized carbons (Fsp3) is 0.153. The Bertz CT molecular complexity index is 3140. The van der Waals surface area contributed by atoms with Crippen molar-refractivity contribution < 1.29 is 0 Å². The number of fused-ring (bicyclic) bond motifs is 5. The van der Waals surface area contributed by atoms with Gasteiger partial charge >= 0.3 is 0 Å². The van der Waals surface area contributed by atoms with Crippen LogP contribution >= 0.6 is 0 Å². The van der Waals surface area contributed by atoms with Crippen LogP contribution in [0.15, 0.2) is 164 Å². The van der Waals surface area contributed by atoms with Gasteiger partial charge in [-0.05, 0) is 171 Å². The summed E-state index contributed by atoms with van der Waals surface area (Å²) in [5, 5.41) is 6.34. The Balaban J connectivity index is 1.20. The van der Waals surface area contributed by atoms with Gasteiger partial charge in [-0.1, -0.05) is 152 Å².